The molecule has 0 saturated heterocycles. The minimum Gasteiger partial charge on any atom is -0.456 e. The molecule has 0 aliphatic heterocycles. The molecule has 0 amide bonds. The maximum absolute atomic E-state index is 10.2. The molecule has 5 heteroatoms. The second-order valence-electron chi connectivity index (χ2n) is 13.7. The van der Waals surface area contributed by atoms with Crippen molar-refractivity contribution in [2.75, 3.05) is 0 Å². The van der Waals surface area contributed by atoms with E-state index in [1.807, 2.05) is 126 Å². The zero-order valence-electron chi connectivity index (χ0n) is 34.9. The van der Waals surface area contributed by atoms with E-state index < -0.39 is 12.1 Å². The van der Waals surface area contributed by atoms with Crippen LogP contribution in [0.4, 0.5) is 0 Å². The van der Waals surface area contributed by atoms with Crippen LogP contribution in [-0.4, -0.2) is 14.5 Å². The summed E-state index contributed by atoms with van der Waals surface area (Å²) in [6.07, 6.45) is 0. The highest BCUT2D eigenvalue weighted by Crippen LogP contribution is 2.43. The summed E-state index contributed by atoms with van der Waals surface area (Å²) in [6, 6.07) is 43.6. The molecule has 0 atom stereocenters. The van der Waals surface area contributed by atoms with Crippen LogP contribution < -0.4 is 0 Å². The van der Waals surface area contributed by atoms with Gasteiger partial charge in [0.05, 0.1) is 24.9 Å². The van der Waals surface area contributed by atoms with E-state index in [1.165, 1.54) is 0 Å². The zero-order valence-corrected chi connectivity index (χ0v) is 28.9. The number of nitrogens with zero attached hydrogens (tertiary/aromatic N) is 3. The first-order valence-corrected chi connectivity index (χ1v) is 18.0. The SMILES string of the molecule is [2H]c1c([2H])c([2H])c2c(oc3c([2H])c(-n4c5ccccc5c5cc6ccccc6cc54)c([2H])c(-c4cccc(-c5nc(-c6ccccc6)c6oc7ccccc7c6n5)c4)c32)c1[2H]. The molecule has 55 heavy (non-hydrogen) atoms. The minimum atomic E-state index is -0.444. The first kappa shape index (κ1) is 24.7. The highest BCUT2D eigenvalue weighted by Gasteiger charge is 2.21. The number of hydrogen-bond donors (Lipinski definition) is 0. The summed E-state index contributed by atoms with van der Waals surface area (Å²) in [4.78, 5) is 10.2. The monoisotopic (exact) mass is 709 g/mol. The molecule has 0 bridgehead atoms. The van der Waals surface area contributed by atoms with Gasteiger partial charge in [-0.2, -0.15) is 0 Å². The molecule has 4 aromatic heterocycles. The lowest BCUT2D eigenvalue weighted by Gasteiger charge is -2.13. The van der Waals surface area contributed by atoms with E-state index in [-0.39, 0.29) is 51.8 Å². The Kier molecular flexibility index (Phi) is 5.16. The summed E-state index contributed by atoms with van der Waals surface area (Å²) in [5.74, 6) is 0.424. The summed E-state index contributed by atoms with van der Waals surface area (Å²) in [5.41, 5.74) is 6.74. The Bertz CT molecular complexity index is 3850. The van der Waals surface area contributed by atoms with Crippen LogP contribution in [-0.2, 0) is 0 Å². The Morgan fingerprint density at radius 2 is 1.25 bits per heavy atom. The van der Waals surface area contributed by atoms with E-state index in [0.29, 0.717) is 44.9 Å². The van der Waals surface area contributed by atoms with E-state index in [9.17, 15) is 2.74 Å². The third kappa shape index (κ3) is 4.53. The Morgan fingerprint density at radius 1 is 0.509 bits per heavy atom. The number of rotatable bonds is 4. The predicted molar refractivity (Wildman–Crippen MR) is 225 cm³/mol. The molecule has 12 aromatic rings. The number of aromatic nitrogens is 3. The van der Waals surface area contributed by atoms with Crippen molar-refractivity contribution in [2.24, 2.45) is 0 Å². The van der Waals surface area contributed by atoms with Gasteiger partial charge in [0.2, 0.25) is 0 Å². The quantitative estimate of drug-likeness (QED) is 0.183. The van der Waals surface area contributed by atoms with Gasteiger partial charge in [-0.05, 0) is 70.4 Å². The molecule has 5 nitrogen and oxygen atoms in total. The van der Waals surface area contributed by atoms with Crippen molar-refractivity contribution >= 4 is 76.6 Å². The van der Waals surface area contributed by atoms with Crippen molar-refractivity contribution in [1.29, 1.82) is 0 Å². The van der Waals surface area contributed by atoms with Crippen LogP contribution in [0.5, 0.6) is 0 Å². The van der Waals surface area contributed by atoms with Gasteiger partial charge in [0.25, 0.3) is 0 Å². The van der Waals surface area contributed by atoms with Gasteiger partial charge in [0.15, 0.2) is 11.4 Å². The number of para-hydroxylation sites is 3. The van der Waals surface area contributed by atoms with Crippen LogP contribution in [0, 0.1) is 0 Å². The molecule has 0 radical (unpaired) electrons. The summed E-state index contributed by atoms with van der Waals surface area (Å²) in [5, 5.41) is 5.16. The van der Waals surface area contributed by atoms with Crippen molar-refractivity contribution in [3.63, 3.8) is 0 Å². The van der Waals surface area contributed by atoms with Gasteiger partial charge < -0.3 is 13.4 Å². The molecule has 256 valence electrons. The standard InChI is InChI=1S/C50H29N3O2/c1-2-13-30(14-3-1)47-49-48(38-21-8-11-24-44(38)55-49)52-50(51-47)34-18-12-17-33(25-34)39-28-35(29-45-46(39)37-20-7-10-23-43(37)54-45)53-41-22-9-6-19-36(41)40-26-31-15-4-5-16-32(31)27-42(40)53/h1-29H/i7D,10D,20D,23D,28D,29D. The fourth-order valence-corrected chi connectivity index (χ4v) is 8.02. The number of furan rings is 2. The first-order valence-electron chi connectivity index (χ1n) is 21.0. The Hall–Kier alpha value is -7.50. The van der Waals surface area contributed by atoms with E-state index in [2.05, 4.69) is 18.2 Å². The van der Waals surface area contributed by atoms with Gasteiger partial charge in [0.1, 0.15) is 28.0 Å². The summed E-state index contributed by atoms with van der Waals surface area (Å²) < 4.78 is 69.9. The van der Waals surface area contributed by atoms with E-state index in [0.717, 1.165) is 43.5 Å². The maximum Gasteiger partial charge on any atom is 0.180 e. The van der Waals surface area contributed by atoms with Gasteiger partial charge in [-0.25, -0.2) is 9.97 Å². The summed E-state index contributed by atoms with van der Waals surface area (Å²) in [6.45, 7) is 0. The second-order valence-corrected chi connectivity index (χ2v) is 13.7. The summed E-state index contributed by atoms with van der Waals surface area (Å²) >= 11 is 0. The normalized spacial score (nSPS) is 13.5. The molecule has 0 N–H and O–H groups in total. The smallest absolute Gasteiger partial charge is 0.180 e. The van der Waals surface area contributed by atoms with Crippen LogP contribution in [0.2, 0.25) is 0 Å². The van der Waals surface area contributed by atoms with Gasteiger partial charge in [-0.15, -0.1) is 0 Å². The van der Waals surface area contributed by atoms with Crippen molar-refractivity contribution in [2.45, 2.75) is 0 Å². The molecule has 0 aliphatic carbocycles. The van der Waals surface area contributed by atoms with Gasteiger partial charge in [0, 0.05) is 44.1 Å². The molecule has 0 fully saturated rings. The Balaban J connectivity index is 1.19. The van der Waals surface area contributed by atoms with Crippen LogP contribution in [0.15, 0.2) is 185 Å². The molecular weight excluding hydrogens is 675 g/mol. The largest absolute Gasteiger partial charge is 0.456 e. The van der Waals surface area contributed by atoms with Gasteiger partial charge in [-0.3, -0.25) is 0 Å². The highest BCUT2D eigenvalue weighted by molar-refractivity contribution is 6.16. The van der Waals surface area contributed by atoms with Crippen LogP contribution in [0.3, 0.4) is 0 Å². The highest BCUT2D eigenvalue weighted by atomic mass is 16.3. The van der Waals surface area contributed by atoms with Crippen molar-refractivity contribution in [1.82, 2.24) is 14.5 Å². The minimum absolute atomic E-state index is 0.0113. The van der Waals surface area contributed by atoms with Crippen LogP contribution >= 0.6 is 0 Å². The maximum atomic E-state index is 10.2. The van der Waals surface area contributed by atoms with Crippen LogP contribution in [0.25, 0.3) is 116 Å². The molecule has 12 rings (SSSR count). The fraction of sp³-hybridized carbons (Fsp3) is 0. The fourth-order valence-electron chi connectivity index (χ4n) is 8.02. The van der Waals surface area contributed by atoms with E-state index >= 15 is 0 Å². The van der Waals surface area contributed by atoms with Gasteiger partial charge >= 0.3 is 0 Å². The summed E-state index contributed by atoms with van der Waals surface area (Å²) in [7, 11) is 0. The average Bonchev–Trinajstić information content (AvgIpc) is 3.98. The van der Waals surface area contributed by atoms with Crippen molar-refractivity contribution < 1.29 is 17.1 Å². The molecule has 0 spiro atoms. The lowest BCUT2D eigenvalue weighted by Crippen LogP contribution is -1.96. The second kappa shape index (κ2) is 11.5. The molecule has 0 saturated carbocycles. The predicted octanol–water partition coefficient (Wildman–Crippen LogP) is 13.5. The first-order chi connectivity index (χ1) is 29.8. The molecule has 0 unspecified atom stereocenters. The molecule has 0 aliphatic rings. The Morgan fingerprint density at radius 3 is 2.16 bits per heavy atom. The van der Waals surface area contributed by atoms with Crippen molar-refractivity contribution in [3.05, 3.63) is 176 Å². The number of hydrogen-bond acceptors (Lipinski definition) is 4. The third-order valence-electron chi connectivity index (χ3n) is 10.5. The Labute approximate surface area is 322 Å². The molecule has 8 aromatic carbocycles. The lowest BCUT2D eigenvalue weighted by molar-refractivity contribution is 0.667. The average molecular weight is 710 g/mol. The van der Waals surface area contributed by atoms with E-state index in [1.54, 1.807) is 0 Å². The van der Waals surface area contributed by atoms with E-state index in [4.69, 9.17) is 24.3 Å². The molecular formula is C50H29N3O2. The van der Waals surface area contributed by atoms with Crippen LogP contribution in [0.1, 0.15) is 8.22 Å². The number of benzene rings is 8. The third-order valence-corrected chi connectivity index (χ3v) is 10.5. The van der Waals surface area contributed by atoms with Gasteiger partial charge in [-0.1, -0.05) is 121 Å². The zero-order chi connectivity index (χ0) is 41.3. The molecule has 4 heterocycles. The lowest BCUT2D eigenvalue weighted by atomic mass is 9.96. The number of fused-ring (bicyclic) bond motifs is 10. The van der Waals surface area contributed by atoms with Crippen molar-refractivity contribution in [3.8, 4) is 39.5 Å². The topological polar surface area (TPSA) is 57.0 Å².